The molecule has 0 N–H and O–H groups in total. The van der Waals surface area contributed by atoms with E-state index in [1.54, 1.807) is 0 Å². The van der Waals surface area contributed by atoms with Gasteiger partial charge in [0.1, 0.15) is 0 Å². The van der Waals surface area contributed by atoms with Crippen molar-refractivity contribution in [3.63, 3.8) is 0 Å². The third-order valence-electron chi connectivity index (χ3n) is 5.09. The van der Waals surface area contributed by atoms with Gasteiger partial charge in [-0.15, -0.1) is 0 Å². The van der Waals surface area contributed by atoms with E-state index in [9.17, 15) is 0 Å². The Morgan fingerprint density at radius 2 is 1.04 bits per heavy atom. The molecular formula is C20H30O2S3Si2. The van der Waals surface area contributed by atoms with Crippen molar-refractivity contribution in [2.75, 3.05) is 25.7 Å². The Balaban J connectivity index is 1.70. The molecule has 0 aliphatic rings. The fraction of sp³-hybridized carbons (Fsp3) is 0.400. The van der Waals surface area contributed by atoms with E-state index in [1.165, 1.54) is 10.4 Å². The summed E-state index contributed by atoms with van der Waals surface area (Å²) in [5.41, 5.74) is 0. The van der Waals surface area contributed by atoms with Crippen molar-refractivity contribution in [3.05, 3.63) is 60.7 Å². The van der Waals surface area contributed by atoms with Crippen LogP contribution in [0.4, 0.5) is 0 Å². The van der Waals surface area contributed by atoms with Crippen LogP contribution < -0.4 is 10.4 Å². The lowest BCUT2D eigenvalue weighted by Gasteiger charge is -2.26. The Hall–Kier alpha value is -0.156. The van der Waals surface area contributed by atoms with Crippen molar-refractivity contribution < 1.29 is 8.85 Å². The molecule has 0 radical (unpaired) electrons. The first-order chi connectivity index (χ1) is 13.0. The molecule has 2 rings (SSSR count). The monoisotopic (exact) mass is 454 g/mol. The third-order valence-corrected chi connectivity index (χ3v) is 17.4. The smallest absolute Gasteiger partial charge is 0.221 e. The van der Waals surface area contributed by atoms with Crippen LogP contribution in [0.5, 0.6) is 0 Å². The van der Waals surface area contributed by atoms with E-state index >= 15 is 0 Å². The minimum atomic E-state index is -1.80. The Morgan fingerprint density at radius 1 is 0.667 bits per heavy atom. The van der Waals surface area contributed by atoms with Gasteiger partial charge in [0.15, 0.2) is 0 Å². The van der Waals surface area contributed by atoms with E-state index < -0.39 is 16.6 Å². The summed E-state index contributed by atoms with van der Waals surface area (Å²) < 4.78 is 11.9. The average Bonchev–Trinajstić information content (AvgIpc) is 2.74. The summed E-state index contributed by atoms with van der Waals surface area (Å²) >= 11 is 0. The van der Waals surface area contributed by atoms with Crippen molar-refractivity contribution in [3.8, 4) is 0 Å². The molecule has 0 saturated carbocycles. The Bertz CT molecular complexity index is 605. The van der Waals surface area contributed by atoms with Crippen molar-refractivity contribution in [1.82, 2.24) is 0 Å². The Morgan fingerprint density at radius 3 is 1.37 bits per heavy atom. The molecule has 2 nitrogen and oxygen atoms in total. The summed E-state index contributed by atoms with van der Waals surface area (Å²) in [6.07, 6.45) is 0. The van der Waals surface area contributed by atoms with Gasteiger partial charge in [-0.05, 0) is 45.4 Å². The van der Waals surface area contributed by atoms with Crippen LogP contribution in [0.2, 0.25) is 25.2 Å². The highest BCUT2D eigenvalue weighted by molar-refractivity contribution is 9.09. The fourth-order valence-electron chi connectivity index (χ4n) is 2.88. The number of hydrogen-bond acceptors (Lipinski definition) is 5. The average molecular weight is 455 g/mol. The molecular weight excluding hydrogens is 425 g/mol. The van der Waals surface area contributed by atoms with Crippen molar-refractivity contribution in [1.29, 1.82) is 0 Å². The van der Waals surface area contributed by atoms with E-state index in [-0.39, 0.29) is 0 Å². The topological polar surface area (TPSA) is 18.5 Å². The van der Waals surface area contributed by atoms with E-state index in [0.29, 0.717) is 0 Å². The van der Waals surface area contributed by atoms with Gasteiger partial charge >= 0.3 is 0 Å². The standard InChI is InChI=1S/C20H30O2S3Si2/c1-21-26(3,19-11-7-5-8-12-19)17-15-23-25-24-16-18-27(4,22-2)20-13-9-6-10-14-20/h5-14H,15-18H2,1-4H3. The van der Waals surface area contributed by atoms with Crippen molar-refractivity contribution >= 4 is 58.4 Å². The van der Waals surface area contributed by atoms with Gasteiger partial charge in [-0.25, -0.2) is 0 Å². The van der Waals surface area contributed by atoms with Gasteiger partial charge in [0.25, 0.3) is 0 Å². The van der Waals surface area contributed by atoms with E-state index in [1.807, 2.05) is 45.6 Å². The molecule has 2 aromatic carbocycles. The molecule has 2 aromatic rings. The molecule has 0 spiro atoms. The molecule has 148 valence electrons. The maximum Gasteiger partial charge on any atom is 0.221 e. The highest BCUT2D eigenvalue weighted by Gasteiger charge is 2.30. The predicted octanol–water partition coefficient (Wildman–Crippen LogP) is 5.27. The van der Waals surface area contributed by atoms with Crippen molar-refractivity contribution in [2.24, 2.45) is 0 Å². The van der Waals surface area contributed by atoms with Crippen LogP contribution in [0, 0.1) is 0 Å². The molecule has 0 fully saturated rings. The number of rotatable bonds is 12. The minimum Gasteiger partial charge on any atom is -0.416 e. The quantitative estimate of drug-likeness (QED) is 0.246. The summed E-state index contributed by atoms with van der Waals surface area (Å²) in [6.45, 7) is 4.63. The third kappa shape index (κ3) is 6.99. The maximum atomic E-state index is 5.96. The van der Waals surface area contributed by atoms with Gasteiger partial charge in [0.05, 0.1) is 0 Å². The normalized spacial score (nSPS) is 15.9. The molecule has 27 heavy (non-hydrogen) atoms. The van der Waals surface area contributed by atoms with Crippen LogP contribution in [0.15, 0.2) is 60.7 Å². The highest BCUT2D eigenvalue weighted by Crippen LogP contribution is 2.37. The summed E-state index contributed by atoms with van der Waals surface area (Å²) in [6, 6.07) is 23.7. The van der Waals surface area contributed by atoms with Gasteiger partial charge in [0.2, 0.25) is 16.6 Å². The second-order valence-electron chi connectivity index (χ2n) is 6.81. The van der Waals surface area contributed by atoms with Gasteiger partial charge < -0.3 is 8.85 Å². The van der Waals surface area contributed by atoms with Crippen LogP contribution in [-0.2, 0) is 8.85 Å². The SMILES string of the molecule is CO[Si](C)(CCSSSCC[Si](C)(OC)c1ccccc1)c1ccccc1. The largest absolute Gasteiger partial charge is 0.416 e. The van der Waals surface area contributed by atoms with Gasteiger partial charge in [-0.3, -0.25) is 0 Å². The summed E-state index contributed by atoms with van der Waals surface area (Å²) in [7, 11) is 5.94. The van der Waals surface area contributed by atoms with Gasteiger partial charge in [-0.2, -0.15) is 0 Å². The predicted molar refractivity (Wildman–Crippen MR) is 132 cm³/mol. The van der Waals surface area contributed by atoms with Gasteiger partial charge in [-0.1, -0.05) is 82.3 Å². The first-order valence-corrected chi connectivity index (χ1v) is 18.2. The highest BCUT2D eigenvalue weighted by atomic mass is 33.5. The minimum absolute atomic E-state index is 1.13. The molecule has 0 aliphatic carbocycles. The summed E-state index contributed by atoms with van der Waals surface area (Å²) in [4.78, 5) is 0. The van der Waals surface area contributed by atoms with Crippen LogP contribution in [0.3, 0.4) is 0 Å². The summed E-state index contributed by atoms with van der Waals surface area (Å²) in [5, 5.41) is 2.77. The van der Waals surface area contributed by atoms with E-state index in [0.717, 1.165) is 23.6 Å². The molecule has 0 saturated heterocycles. The lowest BCUT2D eigenvalue weighted by atomic mass is 10.4. The van der Waals surface area contributed by atoms with Crippen LogP contribution in [0.25, 0.3) is 0 Å². The zero-order valence-corrected chi connectivity index (χ0v) is 21.1. The van der Waals surface area contributed by atoms with Crippen molar-refractivity contribution in [2.45, 2.75) is 25.2 Å². The molecule has 0 amide bonds. The molecule has 0 aliphatic heterocycles. The molecule has 7 heteroatoms. The lowest BCUT2D eigenvalue weighted by molar-refractivity contribution is 0.411. The Labute approximate surface area is 178 Å². The van der Waals surface area contributed by atoms with Crippen LogP contribution in [0.1, 0.15) is 0 Å². The molecule has 2 atom stereocenters. The van der Waals surface area contributed by atoms with E-state index in [4.69, 9.17) is 8.85 Å². The first-order valence-electron chi connectivity index (χ1n) is 9.16. The Kier molecular flexibility index (Phi) is 10.1. The fourth-order valence-corrected chi connectivity index (χ4v) is 14.1. The first kappa shape index (κ1) is 23.1. The lowest BCUT2D eigenvalue weighted by Crippen LogP contribution is -2.47. The van der Waals surface area contributed by atoms with Crippen LogP contribution >= 0.6 is 31.4 Å². The molecule has 0 heterocycles. The second kappa shape index (κ2) is 11.8. The maximum absolute atomic E-state index is 5.96. The number of hydrogen-bond donors (Lipinski definition) is 0. The van der Waals surface area contributed by atoms with E-state index in [2.05, 4.69) is 73.8 Å². The molecule has 0 bridgehead atoms. The zero-order valence-electron chi connectivity index (χ0n) is 16.6. The number of benzene rings is 2. The van der Waals surface area contributed by atoms with Gasteiger partial charge in [0, 0.05) is 25.7 Å². The second-order valence-corrected chi connectivity index (χ2v) is 19.2. The molecule has 0 aromatic heterocycles. The zero-order chi connectivity index (χ0) is 19.6. The van der Waals surface area contributed by atoms with Crippen LogP contribution in [-0.4, -0.2) is 42.4 Å². The molecule has 2 unspecified atom stereocenters. The summed E-state index contributed by atoms with van der Waals surface area (Å²) in [5.74, 6) is 2.25.